The van der Waals surface area contributed by atoms with Gasteiger partial charge in [0.25, 0.3) is 0 Å². The predicted molar refractivity (Wildman–Crippen MR) is 50.0 cm³/mol. The standard InChI is InChI=1S/C9H9BrNO/c10-11-7-6-9(12-11)8-4-2-1-3-5-8/h1-5,7,9H,6H2/t9-/m1/s1. The molecule has 0 aromatic heterocycles. The Kier molecular flexibility index (Phi) is 2.44. The molecule has 0 amide bonds. The quantitative estimate of drug-likeness (QED) is 0.684. The molecule has 2 rings (SSSR count). The minimum Gasteiger partial charge on any atom is -0.280 e. The van der Waals surface area contributed by atoms with Crippen LogP contribution in [0.4, 0.5) is 0 Å². The summed E-state index contributed by atoms with van der Waals surface area (Å²) in [5.41, 5.74) is 1.22. The number of hydroxylamine groups is 1. The van der Waals surface area contributed by atoms with Crippen molar-refractivity contribution in [3.8, 4) is 0 Å². The minimum atomic E-state index is 0.172. The maximum Gasteiger partial charge on any atom is 0.107 e. The van der Waals surface area contributed by atoms with Gasteiger partial charge in [0.15, 0.2) is 0 Å². The van der Waals surface area contributed by atoms with Gasteiger partial charge in [0.2, 0.25) is 0 Å². The Morgan fingerprint density at radius 3 is 2.67 bits per heavy atom. The van der Waals surface area contributed by atoms with Crippen molar-refractivity contribution in [3.05, 3.63) is 42.4 Å². The highest BCUT2D eigenvalue weighted by Gasteiger charge is 2.23. The molecule has 0 unspecified atom stereocenters. The van der Waals surface area contributed by atoms with Gasteiger partial charge in [-0.1, -0.05) is 30.3 Å². The fourth-order valence-corrected chi connectivity index (χ4v) is 1.62. The van der Waals surface area contributed by atoms with Crippen LogP contribution in [0.3, 0.4) is 0 Å². The van der Waals surface area contributed by atoms with Crippen LogP contribution in [0.25, 0.3) is 0 Å². The van der Waals surface area contributed by atoms with Crippen LogP contribution in [-0.4, -0.2) is 4.09 Å². The molecule has 1 saturated heterocycles. The Hall–Kier alpha value is -0.380. The van der Waals surface area contributed by atoms with E-state index in [0.717, 1.165) is 6.42 Å². The van der Waals surface area contributed by atoms with Gasteiger partial charge in [-0.3, -0.25) is 4.84 Å². The molecule has 1 fully saturated rings. The molecule has 0 spiro atoms. The van der Waals surface area contributed by atoms with Gasteiger partial charge >= 0.3 is 0 Å². The Balaban J connectivity index is 2.11. The van der Waals surface area contributed by atoms with E-state index in [1.807, 2.05) is 24.7 Å². The van der Waals surface area contributed by atoms with Crippen molar-refractivity contribution < 1.29 is 4.84 Å². The fraction of sp³-hybridized carbons (Fsp3) is 0.222. The van der Waals surface area contributed by atoms with Crippen LogP contribution in [0, 0.1) is 6.54 Å². The summed E-state index contributed by atoms with van der Waals surface area (Å²) in [4.78, 5) is 5.44. The van der Waals surface area contributed by atoms with Crippen LogP contribution >= 0.6 is 16.1 Å². The van der Waals surface area contributed by atoms with E-state index >= 15 is 0 Å². The second kappa shape index (κ2) is 3.56. The number of rotatable bonds is 1. The zero-order chi connectivity index (χ0) is 8.39. The molecule has 3 heteroatoms. The van der Waals surface area contributed by atoms with Crippen LogP contribution in [-0.2, 0) is 4.84 Å². The molecule has 12 heavy (non-hydrogen) atoms. The molecule has 63 valence electrons. The van der Waals surface area contributed by atoms with Crippen LogP contribution in [0.15, 0.2) is 30.3 Å². The van der Waals surface area contributed by atoms with Gasteiger partial charge in [0.1, 0.15) is 6.10 Å². The summed E-state index contributed by atoms with van der Waals surface area (Å²) < 4.78 is 1.59. The number of hydrogen-bond donors (Lipinski definition) is 0. The van der Waals surface area contributed by atoms with Crippen molar-refractivity contribution in [2.45, 2.75) is 12.5 Å². The molecule has 0 bridgehead atoms. The van der Waals surface area contributed by atoms with Crippen molar-refractivity contribution in [3.63, 3.8) is 0 Å². The number of hydrogen-bond acceptors (Lipinski definition) is 2. The first-order valence-corrected chi connectivity index (χ1v) is 4.57. The third-order valence-corrected chi connectivity index (χ3v) is 2.32. The summed E-state index contributed by atoms with van der Waals surface area (Å²) in [5.74, 6) is 0. The third kappa shape index (κ3) is 1.68. The molecule has 1 aliphatic rings. The predicted octanol–water partition coefficient (Wildman–Crippen LogP) is 2.84. The molecule has 1 atom stereocenters. The summed E-state index contributed by atoms with van der Waals surface area (Å²) in [6.07, 6.45) is 1.10. The first-order chi connectivity index (χ1) is 5.86. The maximum atomic E-state index is 5.44. The topological polar surface area (TPSA) is 12.5 Å². The highest BCUT2D eigenvalue weighted by molar-refractivity contribution is 9.07. The lowest BCUT2D eigenvalue weighted by atomic mass is 10.1. The molecule has 2 nitrogen and oxygen atoms in total. The van der Waals surface area contributed by atoms with E-state index in [4.69, 9.17) is 4.84 Å². The van der Waals surface area contributed by atoms with Crippen molar-refractivity contribution in [2.24, 2.45) is 0 Å². The molecular formula is C9H9BrNO. The number of benzene rings is 1. The largest absolute Gasteiger partial charge is 0.280 e. The summed E-state index contributed by atoms with van der Waals surface area (Å²) in [7, 11) is 0. The Labute approximate surface area is 80.4 Å². The van der Waals surface area contributed by atoms with E-state index in [1.54, 1.807) is 4.09 Å². The van der Waals surface area contributed by atoms with Gasteiger partial charge in [-0.25, -0.2) is 0 Å². The summed E-state index contributed by atoms with van der Waals surface area (Å²) >= 11 is 3.23. The zero-order valence-corrected chi connectivity index (χ0v) is 8.07. The third-order valence-electron chi connectivity index (χ3n) is 1.86. The monoisotopic (exact) mass is 226 g/mol. The summed E-state index contributed by atoms with van der Waals surface area (Å²) in [5, 5.41) is 0. The fourth-order valence-electron chi connectivity index (χ4n) is 1.25. The summed E-state index contributed by atoms with van der Waals surface area (Å²) in [6, 6.07) is 10.2. The molecule has 1 heterocycles. The van der Waals surface area contributed by atoms with E-state index in [-0.39, 0.29) is 6.10 Å². The molecule has 0 aliphatic carbocycles. The minimum absolute atomic E-state index is 0.172. The highest BCUT2D eigenvalue weighted by atomic mass is 79.9. The first kappa shape index (κ1) is 8.23. The van der Waals surface area contributed by atoms with E-state index in [0.29, 0.717) is 0 Å². The van der Waals surface area contributed by atoms with E-state index < -0.39 is 0 Å². The van der Waals surface area contributed by atoms with Gasteiger partial charge in [-0.15, -0.1) is 4.09 Å². The number of nitrogens with zero attached hydrogens (tertiary/aromatic N) is 1. The molecule has 1 aromatic carbocycles. The van der Waals surface area contributed by atoms with E-state index in [1.165, 1.54) is 5.56 Å². The molecule has 1 radical (unpaired) electrons. The number of halogens is 1. The van der Waals surface area contributed by atoms with Crippen molar-refractivity contribution >= 4 is 16.1 Å². The van der Waals surface area contributed by atoms with Gasteiger partial charge in [0, 0.05) is 22.6 Å². The Morgan fingerprint density at radius 2 is 2.08 bits per heavy atom. The second-order valence-corrected chi connectivity index (χ2v) is 3.39. The molecule has 0 N–H and O–H groups in total. The lowest BCUT2D eigenvalue weighted by molar-refractivity contribution is -0.0521. The van der Waals surface area contributed by atoms with Gasteiger partial charge < -0.3 is 0 Å². The average molecular weight is 227 g/mol. The summed E-state index contributed by atoms with van der Waals surface area (Å²) in [6.45, 7) is 1.97. The van der Waals surface area contributed by atoms with Crippen LogP contribution < -0.4 is 0 Å². The second-order valence-electron chi connectivity index (χ2n) is 2.70. The highest BCUT2D eigenvalue weighted by Crippen LogP contribution is 2.32. The lowest BCUT2D eigenvalue weighted by Crippen LogP contribution is -2.00. The van der Waals surface area contributed by atoms with Crippen LogP contribution in [0.1, 0.15) is 18.1 Å². The average Bonchev–Trinajstić information content (AvgIpc) is 2.54. The van der Waals surface area contributed by atoms with Crippen molar-refractivity contribution in [1.29, 1.82) is 0 Å². The first-order valence-electron chi connectivity index (χ1n) is 3.86. The van der Waals surface area contributed by atoms with E-state index in [9.17, 15) is 0 Å². The van der Waals surface area contributed by atoms with Gasteiger partial charge in [-0.2, -0.15) is 0 Å². The molecule has 1 aromatic rings. The van der Waals surface area contributed by atoms with Crippen molar-refractivity contribution in [2.75, 3.05) is 0 Å². The SMILES string of the molecule is BrN1[CH]C[C@H](c2ccccc2)O1. The van der Waals surface area contributed by atoms with Crippen LogP contribution in [0.2, 0.25) is 0 Å². The van der Waals surface area contributed by atoms with Crippen LogP contribution in [0.5, 0.6) is 0 Å². The smallest absolute Gasteiger partial charge is 0.107 e. The molecular weight excluding hydrogens is 218 g/mol. The van der Waals surface area contributed by atoms with Gasteiger partial charge in [-0.05, 0) is 5.56 Å². The Morgan fingerprint density at radius 1 is 1.33 bits per heavy atom. The maximum absolute atomic E-state index is 5.44. The van der Waals surface area contributed by atoms with Crippen molar-refractivity contribution in [1.82, 2.24) is 4.09 Å². The van der Waals surface area contributed by atoms with E-state index in [2.05, 4.69) is 28.3 Å². The zero-order valence-electron chi connectivity index (χ0n) is 6.48. The normalized spacial score (nSPS) is 24.6. The Bertz CT molecular complexity index is 252. The molecule has 0 saturated carbocycles. The van der Waals surface area contributed by atoms with Gasteiger partial charge in [0.05, 0.1) is 6.54 Å². The molecule has 1 aliphatic heterocycles. The lowest BCUT2D eigenvalue weighted by Gasteiger charge is -2.09.